The van der Waals surface area contributed by atoms with Crippen LogP contribution in [0.5, 0.6) is 0 Å². The molecule has 0 N–H and O–H groups in total. The Kier molecular flexibility index (Phi) is 2.59. The zero-order valence-corrected chi connectivity index (χ0v) is 17.4. The van der Waals surface area contributed by atoms with Gasteiger partial charge in [-0.25, -0.2) is 0 Å². The van der Waals surface area contributed by atoms with Crippen LogP contribution in [0, 0.1) is 0 Å². The van der Waals surface area contributed by atoms with E-state index in [1.165, 1.54) is 21.8 Å². The molecular formula is C30H15NO2. The highest BCUT2D eigenvalue weighted by molar-refractivity contribution is 6.36. The van der Waals surface area contributed by atoms with E-state index in [9.17, 15) is 0 Å². The SMILES string of the molecule is c1ccc2c(c1)oc1c2ccc2c1c1c3oc4ccccc4c3cc3c4ccccc4n2c31. The molecule has 4 heterocycles. The molecule has 5 aromatic carbocycles. The highest BCUT2D eigenvalue weighted by Crippen LogP contribution is 2.48. The van der Waals surface area contributed by atoms with E-state index in [0.717, 1.165) is 60.2 Å². The first-order valence-corrected chi connectivity index (χ1v) is 11.2. The molecule has 0 aliphatic rings. The Bertz CT molecular complexity index is 2240. The number of rotatable bonds is 0. The van der Waals surface area contributed by atoms with Gasteiger partial charge in [0.05, 0.1) is 27.3 Å². The molecule has 9 aromatic rings. The number of fused-ring (bicyclic) bond motifs is 14. The molecule has 0 aliphatic heterocycles. The van der Waals surface area contributed by atoms with Gasteiger partial charge in [0.2, 0.25) is 0 Å². The van der Waals surface area contributed by atoms with E-state index in [2.05, 4.69) is 77.2 Å². The van der Waals surface area contributed by atoms with Crippen molar-refractivity contribution in [2.45, 2.75) is 0 Å². The fourth-order valence-electron chi connectivity index (χ4n) is 5.99. The Balaban J connectivity index is 1.70. The monoisotopic (exact) mass is 421 g/mol. The Hall–Kier alpha value is -4.50. The summed E-state index contributed by atoms with van der Waals surface area (Å²) in [5.74, 6) is 0. The average molecular weight is 421 g/mol. The Morgan fingerprint density at radius 1 is 0.455 bits per heavy atom. The number of aromatic nitrogens is 1. The molecule has 0 saturated heterocycles. The molecular weight excluding hydrogens is 406 g/mol. The van der Waals surface area contributed by atoms with Crippen molar-refractivity contribution in [3.8, 4) is 0 Å². The molecule has 3 nitrogen and oxygen atoms in total. The maximum absolute atomic E-state index is 6.54. The lowest BCUT2D eigenvalue weighted by atomic mass is 10.0. The smallest absolute Gasteiger partial charge is 0.145 e. The molecule has 152 valence electrons. The molecule has 0 saturated carbocycles. The number of benzene rings is 5. The third-order valence-electron chi connectivity index (χ3n) is 7.32. The molecule has 0 unspecified atom stereocenters. The number of para-hydroxylation sites is 3. The molecule has 0 atom stereocenters. The van der Waals surface area contributed by atoms with E-state index in [0.29, 0.717) is 0 Å². The van der Waals surface area contributed by atoms with Gasteiger partial charge in [0.15, 0.2) is 0 Å². The third-order valence-corrected chi connectivity index (χ3v) is 7.32. The van der Waals surface area contributed by atoms with Gasteiger partial charge in [-0.2, -0.15) is 0 Å². The fourth-order valence-corrected chi connectivity index (χ4v) is 5.99. The number of furan rings is 2. The Morgan fingerprint density at radius 2 is 1.09 bits per heavy atom. The van der Waals surface area contributed by atoms with Crippen LogP contribution >= 0.6 is 0 Å². The lowest BCUT2D eigenvalue weighted by molar-refractivity contribution is 0.670. The minimum Gasteiger partial charge on any atom is -0.455 e. The van der Waals surface area contributed by atoms with Crippen LogP contribution in [-0.4, -0.2) is 4.40 Å². The number of nitrogens with zero attached hydrogens (tertiary/aromatic N) is 1. The van der Waals surface area contributed by atoms with E-state index in [-0.39, 0.29) is 0 Å². The first kappa shape index (κ1) is 16.2. The van der Waals surface area contributed by atoms with Gasteiger partial charge >= 0.3 is 0 Å². The van der Waals surface area contributed by atoms with Crippen LogP contribution in [0.15, 0.2) is 99.8 Å². The molecule has 0 radical (unpaired) electrons. The summed E-state index contributed by atoms with van der Waals surface area (Å²) in [6.07, 6.45) is 0. The molecule has 0 spiro atoms. The topological polar surface area (TPSA) is 30.7 Å². The quantitative estimate of drug-likeness (QED) is 0.245. The van der Waals surface area contributed by atoms with Crippen LogP contribution in [0.3, 0.4) is 0 Å². The lowest BCUT2D eigenvalue weighted by Crippen LogP contribution is -1.79. The lowest BCUT2D eigenvalue weighted by Gasteiger charge is -1.99. The standard InChI is InChI=1S/C30H15NO2/c1-4-10-22-16(7-1)20-15-21-18-9-3-6-12-25(18)33-30(21)27-26-23(31(22)28(20)27)14-13-19-17-8-2-5-11-24(17)32-29(19)26/h1-15H. The first-order valence-electron chi connectivity index (χ1n) is 11.2. The van der Waals surface area contributed by atoms with E-state index in [1.807, 2.05) is 18.2 Å². The second-order valence-corrected chi connectivity index (χ2v) is 8.91. The van der Waals surface area contributed by atoms with Crippen molar-refractivity contribution in [3.63, 3.8) is 0 Å². The summed E-state index contributed by atoms with van der Waals surface area (Å²) in [7, 11) is 0. The Labute approximate surface area is 186 Å². The summed E-state index contributed by atoms with van der Waals surface area (Å²) in [5, 5.41) is 9.35. The maximum Gasteiger partial charge on any atom is 0.145 e. The first-order chi connectivity index (χ1) is 16.4. The predicted molar refractivity (Wildman–Crippen MR) is 136 cm³/mol. The molecule has 0 amide bonds. The third kappa shape index (κ3) is 1.74. The van der Waals surface area contributed by atoms with Crippen molar-refractivity contribution in [2.75, 3.05) is 0 Å². The van der Waals surface area contributed by atoms with Gasteiger partial charge in [-0.3, -0.25) is 0 Å². The second kappa shape index (κ2) is 5.28. The molecule has 33 heavy (non-hydrogen) atoms. The van der Waals surface area contributed by atoms with E-state index < -0.39 is 0 Å². The van der Waals surface area contributed by atoms with Gasteiger partial charge in [0.25, 0.3) is 0 Å². The summed E-state index contributed by atoms with van der Waals surface area (Å²) in [6.45, 7) is 0. The van der Waals surface area contributed by atoms with Gasteiger partial charge in [0.1, 0.15) is 22.3 Å². The van der Waals surface area contributed by atoms with Gasteiger partial charge in [0, 0.05) is 32.3 Å². The summed E-state index contributed by atoms with van der Waals surface area (Å²) >= 11 is 0. The van der Waals surface area contributed by atoms with Crippen LogP contribution in [0.1, 0.15) is 0 Å². The molecule has 0 fully saturated rings. The van der Waals surface area contributed by atoms with Crippen LogP contribution in [0.2, 0.25) is 0 Å². The van der Waals surface area contributed by atoms with Crippen molar-refractivity contribution in [2.24, 2.45) is 0 Å². The molecule has 0 aliphatic carbocycles. The zero-order chi connectivity index (χ0) is 21.3. The fraction of sp³-hybridized carbons (Fsp3) is 0. The second-order valence-electron chi connectivity index (χ2n) is 8.91. The maximum atomic E-state index is 6.54. The van der Waals surface area contributed by atoms with E-state index in [4.69, 9.17) is 8.83 Å². The molecule has 9 rings (SSSR count). The molecule has 4 aromatic heterocycles. The van der Waals surface area contributed by atoms with Crippen LogP contribution < -0.4 is 0 Å². The van der Waals surface area contributed by atoms with E-state index in [1.54, 1.807) is 0 Å². The minimum atomic E-state index is 0.912. The van der Waals surface area contributed by atoms with Gasteiger partial charge in [-0.1, -0.05) is 54.6 Å². The Morgan fingerprint density at radius 3 is 1.88 bits per heavy atom. The average Bonchev–Trinajstić information content (AvgIpc) is 3.59. The summed E-state index contributed by atoms with van der Waals surface area (Å²) < 4.78 is 15.4. The van der Waals surface area contributed by atoms with E-state index >= 15 is 0 Å². The van der Waals surface area contributed by atoms with Crippen molar-refractivity contribution >= 4 is 82.0 Å². The number of hydrogen-bond donors (Lipinski definition) is 0. The van der Waals surface area contributed by atoms with Crippen LogP contribution in [0.4, 0.5) is 0 Å². The van der Waals surface area contributed by atoms with Crippen LogP contribution in [-0.2, 0) is 0 Å². The largest absolute Gasteiger partial charge is 0.455 e. The van der Waals surface area contributed by atoms with Gasteiger partial charge in [-0.05, 0) is 36.4 Å². The van der Waals surface area contributed by atoms with Crippen molar-refractivity contribution in [1.82, 2.24) is 4.40 Å². The summed E-state index contributed by atoms with van der Waals surface area (Å²) in [4.78, 5) is 0. The van der Waals surface area contributed by atoms with Crippen LogP contribution in [0.25, 0.3) is 82.0 Å². The van der Waals surface area contributed by atoms with Crippen molar-refractivity contribution in [3.05, 3.63) is 91.0 Å². The van der Waals surface area contributed by atoms with Gasteiger partial charge < -0.3 is 13.2 Å². The molecule has 0 bridgehead atoms. The highest BCUT2D eigenvalue weighted by atomic mass is 16.3. The number of hydrogen-bond acceptors (Lipinski definition) is 2. The molecule has 3 heteroatoms. The minimum absolute atomic E-state index is 0.912. The van der Waals surface area contributed by atoms with Gasteiger partial charge in [-0.15, -0.1) is 0 Å². The zero-order valence-electron chi connectivity index (χ0n) is 17.4. The highest BCUT2D eigenvalue weighted by Gasteiger charge is 2.25. The summed E-state index contributed by atoms with van der Waals surface area (Å²) in [6, 6.07) is 32.0. The van der Waals surface area contributed by atoms with Crippen molar-refractivity contribution in [1.29, 1.82) is 0 Å². The predicted octanol–water partition coefficient (Wildman–Crippen LogP) is 8.64. The van der Waals surface area contributed by atoms with Crippen molar-refractivity contribution < 1.29 is 8.83 Å². The normalized spacial score (nSPS) is 12.8. The summed E-state index contributed by atoms with van der Waals surface area (Å²) in [5.41, 5.74) is 7.24.